The topological polar surface area (TPSA) is 61.4 Å². The molecule has 178 valence electrons. The van der Waals surface area contributed by atoms with Crippen molar-refractivity contribution in [1.82, 2.24) is 15.5 Å². The van der Waals surface area contributed by atoms with Gasteiger partial charge in [0.1, 0.15) is 10.6 Å². The van der Waals surface area contributed by atoms with Crippen molar-refractivity contribution in [2.45, 2.75) is 49.9 Å². The van der Waals surface area contributed by atoms with Gasteiger partial charge in [-0.2, -0.15) is 0 Å². The molecular weight excluding hydrogens is 466 g/mol. The van der Waals surface area contributed by atoms with Crippen LogP contribution >= 0.6 is 23.4 Å². The van der Waals surface area contributed by atoms with Crippen molar-refractivity contribution < 1.29 is 9.59 Å². The number of hydrogen-bond donors (Lipinski definition) is 2. The average Bonchev–Trinajstić information content (AvgIpc) is 3.61. The van der Waals surface area contributed by atoms with E-state index in [1.165, 1.54) is 0 Å². The Morgan fingerprint density at radius 3 is 2.74 bits per heavy atom. The molecular formula is C27H30ClN3O2S. The summed E-state index contributed by atoms with van der Waals surface area (Å²) in [5, 5.41) is 9.36. The summed E-state index contributed by atoms with van der Waals surface area (Å²) in [6.07, 6.45) is 5.21. The van der Waals surface area contributed by atoms with Crippen LogP contribution in [0, 0.1) is 12.8 Å². The molecule has 2 aromatic rings. The van der Waals surface area contributed by atoms with Gasteiger partial charge in [0.2, 0.25) is 0 Å². The van der Waals surface area contributed by atoms with E-state index in [-0.39, 0.29) is 22.7 Å². The summed E-state index contributed by atoms with van der Waals surface area (Å²) in [6.45, 7) is 3.14. The van der Waals surface area contributed by atoms with E-state index in [1.807, 2.05) is 59.7 Å². The molecule has 3 aliphatic rings. The second-order valence-corrected chi connectivity index (χ2v) is 11.1. The van der Waals surface area contributed by atoms with Crippen LogP contribution in [0.1, 0.15) is 53.6 Å². The van der Waals surface area contributed by atoms with Crippen molar-refractivity contribution in [3.05, 3.63) is 81.3 Å². The van der Waals surface area contributed by atoms with E-state index >= 15 is 0 Å². The highest BCUT2D eigenvalue weighted by molar-refractivity contribution is 8.03. The fourth-order valence-corrected chi connectivity index (χ4v) is 6.55. The van der Waals surface area contributed by atoms with Gasteiger partial charge in [-0.3, -0.25) is 9.59 Å². The molecule has 0 aromatic heterocycles. The number of rotatable bonds is 6. The molecule has 2 aliphatic heterocycles. The SMILES string of the molecule is Cc1cccc(C(=O)NC[C@@H]2CCCCN2C(=O)C2=CS[C@](c3cccc(Cl)c3)(C3CC3)N2)c1. The number of aryl methyl sites for hydroxylation is 1. The number of nitrogens with one attached hydrogen (secondary N) is 2. The van der Waals surface area contributed by atoms with Crippen molar-refractivity contribution in [3.8, 4) is 0 Å². The molecule has 2 heterocycles. The minimum atomic E-state index is -0.333. The predicted molar refractivity (Wildman–Crippen MR) is 138 cm³/mol. The van der Waals surface area contributed by atoms with Crippen LogP contribution in [-0.4, -0.2) is 35.8 Å². The summed E-state index contributed by atoms with van der Waals surface area (Å²) in [7, 11) is 0. The molecule has 1 saturated heterocycles. The van der Waals surface area contributed by atoms with E-state index in [1.54, 1.807) is 11.8 Å². The van der Waals surface area contributed by atoms with Crippen LogP contribution in [0.15, 0.2) is 59.6 Å². The largest absolute Gasteiger partial charge is 0.362 e. The molecule has 0 radical (unpaired) electrons. The lowest BCUT2D eigenvalue weighted by atomic mass is 9.99. The molecule has 5 rings (SSSR count). The van der Waals surface area contributed by atoms with Crippen LogP contribution in [0.5, 0.6) is 0 Å². The van der Waals surface area contributed by atoms with Crippen molar-refractivity contribution >= 4 is 35.2 Å². The van der Waals surface area contributed by atoms with E-state index in [4.69, 9.17) is 11.6 Å². The molecule has 2 fully saturated rings. The molecule has 2 aromatic carbocycles. The van der Waals surface area contributed by atoms with Gasteiger partial charge in [-0.15, -0.1) is 0 Å². The Labute approximate surface area is 210 Å². The summed E-state index contributed by atoms with van der Waals surface area (Å²) < 4.78 is 0. The van der Waals surface area contributed by atoms with Crippen molar-refractivity contribution in [3.63, 3.8) is 0 Å². The van der Waals surface area contributed by atoms with Crippen LogP contribution in [0.3, 0.4) is 0 Å². The minimum absolute atomic E-state index is 0.00944. The van der Waals surface area contributed by atoms with Crippen molar-refractivity contribution in [2.75, 3.05) is 13.1 Å². The number of carbonyl (C=O) groups excluding carboxylic acids is 2. The lowest BCUT2D eigenvalue weighted by Crippen LogP contribution is -2.51. The number of piperidine rings is 1. The Morgan fingerprint density at radius 1 is 1.15 bits per heavy atom. The highest BCUT2D eigenvalue weighted by atomic mass is 35.5. The van der Waals surface area contributed by atoms with E-state index in [2.05, 4.69) is 16.7 Å². The fraction of sp³-hybridized carbons (Fsp3) is 0.407. The first-order valence-electron chi connectivity index (χ1n) is 12.0. The predicted octanol–water partition coefficient (Wildman–Crippen LogP) is 5.20. The van der Waals surface area contributed by atoms with Gasteiger partial charge in [-0.1, -0.05) is 53.2 Å². The van der Waals surface area contributed by atoms with E-state index in [0.717, 1.165) is 43.2 Å². The fourth-order valence-electron chi connectivity index (χ4n) is 5.03. The van der Waals surface area contributed by atoms with Gasteiger partial charge in [0, 0.05) is 35.1 Å². The first kappa shape index (κ1) is 23.3. The Balaban J connectivity index is 1.28. The average molecular weight is 496 g/mol. The standard InChI is InChI=1S/C27H30ClN3O2S/c1-18-6-4-7-19(14-18)25(32)29-16-23-10-2-3-13-31(23)26(33)24-17-34-27(30-24,20-11-12-20)21-8-5-9-22(28)15-21/h4-9,14-15,17,20,23,30H,2-3,10-13,16H2,1H3,(H,29,32)/t23-,27-/m0/s1. The molecule has 34 heavy (non-hydrogen) atoms. The minimum Gasteiger partial charge on any atom is -0.362 e. The van der Waals surface area contributed by atoms with Crippen LogP contribution in [0.2, 0.25) is 5.02 Å². The number of hydrogen-bond acceptors (Lipinski definition) is 4. The molecule has 2 N–H and O–H groups in total. The smallest absolute Gasteiger partial charge is 0.270 e. The lowest BCUT2D eigenvalue weighted by molar-refractivity contribution is -0.131. The Morgan fingerprint density at radius 2 is 1.97 bits per heavy atom. The zero-order chi connectivity index (χ0) is 23.7. The van der Waals surface area contributed by atoms with Crippen LogP contribution in [-0.2, 0) is 9.67 Å². The monoisotopic (exact) mass is 495 g/mol. The van der Waals surface area contributed by atoms with E-state index in [9.17, 15) is 9.59 Å². The number of halogens is 1. The number of likely N-dealkylation sites (tertiary alicyclic amines) is 1. The van der Waals surface area contributed by atoms with Crippen LogP contribution in [0.4, 0.5) is 0 Å². The Hall–Kier alpha value is -2.44. The summed E-state index contributed by atoms with van der Waals surface area (Å²) in [5.74, 6) is 0.402. The molecule has 2 atom stereocenters. The molecule has 0 unspecified atom stereocenters. The Kier molecular flexibility index (Phi) is 6.63. The second kappa shape index (κ2) is 9.67. The first-order chi connectivity index (χ1) is 16.5. The van der Waals surface area contributed by atoms with Gasteiger partial charge in [0.15, 0.2) is 0 Å². The summed E-state index contributed by atoms with van der Waals surface area (Å²) in [6, 6.07) is 15.5. The van der Waals surface area contributed by atoms with Crippen LogP contribution < -0.4 is 10.6 Å². The maximum absolute atomic E-state index is 13.6. The van der Waals surface area contributed by atoms with Gasteiger partial charge < -0.3 is 15.5 Å². The maximum Gasteiger partial charge on any atom is 0.270 e. The quantitative estimate of drug-likeness (QED) is 0.578. The highest BCUT2D eigenvalue weighted by Gasteiger charge is 2.51. The second-order valence-electron chi connectivity index (χ2n) is 9.52. The normalized spacial score (nSPS) is 24.4. The lowest BCUT2D eigenvalue weighted by Gasteiger charge is -2.37. The first-order valence-corrected chi connectivity index (χ1v) is 13.3. The van der Waals surface area contributed by atoms with E-state index < -0.39 is 0 Å². The highest BCUT2D eigenvalue weighted by Crippen LogP contribution is 2.56. The van der Waals surface area contributed by atoms with Gasteiger partial charge >= 0.3 is 0 Å². The zero-order valence-electron chi connectivity index (χ0n) is 19.4. The molecule has 0 bridgehead atoms. The Bertz CT molecular complexity index is 1130. The summed E-state index contributed by atoms with van der Waals surface area (Å²) in [4.78, 5) is 27.9. The van der Waals surface area contributed by atoms with Crippen molar-refractivity contribution in [2.24, 2.45) is 5.92 Å². The maximum atomic E-state index is 13.6. The molecule has 5 nitrogen and oxygen atoms in total. The third kappa shape index (κ3) is 4.71. The third-order valence-corrected chi connectivity index (χ3v) is 8.62. The van der Waals surface area contributed by atoms with Gasteiger partial charge in [-0.05, 0) is 74.8 Å². The third-order valence-electron chi connectivity index (χ3n) is 6.99. The molecule has 1 aliphatic carbocycles. The zero-order valence-corrected chi connectivity index (χ0v) is 20.9. The number of amides is 2. The number of benzene rings is 2. The number of carbonyl (C=O) groups is 2. The molecule has 7 heteroatoms. The van der Waals surface area contributed by atoms with Crippen LogP contribution in [0.25, 0.3) is 0 Å². The summed E-state index contributed by atoms with van der Waals surface area (Å²) >= 11 is 7.99. The number of thioether (sulfide) groups is 1. The van der Waals surface area contributed by atoms with E-state index in [0.29, 0.717) is 35.3 Å². The molecule has 1 saturated carbocycles. The van der Waals surface area contributed by atoms with Gasteiger partial charge in [0.25, 0.3) is 11.8 Å². The molecule has 0 spiro atoms. The molecule has 2 amide bonds. The number of nitrogens with zero attached hydrogens (tertiary/aromatic N) is 1. The van der Waals surface area contributed by atoms with Gasteiger partial charge in [-0.25, -0.2) is 0 Å². The summed E-state index contributed by atoms with van der Waals surface area (Å²) in [5.41, 5.74) is 3.47. The van der Waals surface area contributed by atoms with Crippen molar-refractivity contribution in [1.29, 1.82) is 0 Å². The van der Waals surface area contributed by atoms with Gasteiger partial charge in [0.05, 0.1) is 0 Å².